The molecule has 1 rings (SSSR count). The van der Waals surface area contributed by atoms with Gasteiger partial charge in [-0.25, -0.2) is 0 Å². The Labute approximate surface area is 99.8 Å². The molecule has 0 radical (unpaired) electrons. The van der Waals surface area contributed by atoms with E-state index in [4.69, 9.17) is 5.73 Å². The SMILES string of the molecule is CCCCC(N)C(=O)NC1CCS(=O)CC1. The van der Waals surface area contributed by atoms with Crippen LogP contribution in [0.1, 0.15) is 39.0 Å². The predicted molar refractivity (Wildman–Crippen MR) is 66.5 cm³/mol. The van der Waals surface area contributed by atoms with Gasteiger partial charge in [-0.3, -0.25) is 9.00 Å². The van der Waals surface area contributed by atoms with E-state index in [1.165, 1.54) is 0 Å². The number of hydrogen-bond acceptors (Lipinski definition) is 3. The van der Waals surface area contributed by atoms with E-state index in [0.717, 1.165) is 32.1 Å². The number of carbonyl (C=O) groups is 1. The van der Waals surface area contributed by atoms with Crippen molar-refractivity contribution in [2.24, 2.45) is 5.73 Å². The molecule has 0 saturated carbocycles. The molecule has 1 aliphatic heterocycles. The maximum Gasteiger partial charge on any atom is 0.237 e. The van der Waals surface area contributed by atoms with Crippen LogP contribution in [0.5, 0.6) is 0 Å². The molecular weight excluding hydrogens is 224 g/mol. The van der Waals surface area contributed by atoms with Gasteiger partial charge in [-0.2, -0.15) is 0 Å². The number of hydrogen-bond donors (Lipinski definition) is 2. The molecule has 0 aromatic heterocycles. The minimum atomic E-state index is -0.674. The zero-order valence-electron chi connectivity index (χ0n) is 9.91. The molecule has 4 nitrogen and oxygen atoms in total. The summed E-state index contributed by atoms with van der Waals surface area (Å²) in [7, 11) is -0.674. The minimum Gasteiger partial charge on any atom is -0.352 e. The molecule has 0 aliphatic carbocycles. The molecule has 1 fully saturated rings. The van der Waals surface area contributed by atoms with E-state index in [9.17, 15) is 9.00 Å². The summed E-state index contributed by atoms with van der Waals surface area (Å²) in [6, 6.07) is -0.203. The van der Waals surface area contributed by atoms with E-state index in [1.807, 2.05) is 0 Å². The van der Waals surface area contributed by atoms with Gasteiger partial charge in [0.15, 0.2) is 0 Å². The van der Waals surface area contributed by atoms with Gasteiger partial charge in [0.25, 0.3) is 0 Å². The Kier molecular flexibility index (Phi) is 5.98. The van der Waals surface area contributed by atoms with E-state index < -0.39 is 10.8 Å². The van der Waals surface area contributed by atoms with Crippen molar-refractivity contribution in [2.75, 3.05) is 11.5 Å². The smallest absolute Gasteiger partial charge is 0.237 e. The summed E-state index contributed by atoms with van der Waals surface area (Å²) in [4.78, 5) is 11.7. The Balaban J connectivity index is 2.25. The Morgan fingerprint density at radius 2 is 2.12 bits per heavy atom. The number of carbonyl (C=O) groups excluding carboxylic acids is 1. The average molecular weight is 246 g/mol. The molecule has 0 aromatic rings. The molecule has 5 heteroatoms. The van der Waals surface area contributed by atoms with Crippen LogP contribution >= 0.6 is 0 Å². The first-order valence-electron chi connectivity index (χ1n) is 6.04. The first-order chi connectivity index (χ1) is 7.63. The highest BCUT2D eigenvalue weighted by Gasteiger charge is 2.21. The zero-order valence-corrected chi connectivity index (χ0v) is 10.7. The van der Waals surface area contributed by atoms with Crippen molar-refractivity contribution < 1.29 is 9.00 Å². The minimum absolute atomic E-state index is 0.0499. The predicted octanol–water partition coefficient (Wildman–Crippen LogP) is 0.531. The fourth-order valence-electron chi connectivity index (χ4n) is 1.80. The fraction of sp³-hybridized carbons (Fsp3) is 0.909. The monoisotopic (exact) mass is 246 g/mol. The van der Waals surface area contributed by atoms with Crippen molar-refractivity contribution in [1.82, 2.24) is 5.32 Å². The Bertz CT molecular complexity index is 248. The van der Waals surface area contributed by atoms with Crippen molar-refractivity contribution in [3.8, 4) is 0 Å². The van der Waals surface area contributed by atoms with Crippen LogP contribution < -0.4 is 11.1 Å². The van der Waals surface area contributed by atoms with Gasteiger partial charge in [-0.05, 0) is 19.3 Å². The van der Waals surface area contributed by atoms with Crippen LogP contribution in [-0.2, 0) is 15.6 Å². The molecule has 0 spiro atoms. The first-order valence-corrected chi connectivity index (χ1v) is 7.53. The largest absolute Gasteiger partial charge is 0.352 e. The van der Waals surface area contributed by atoms with Gasteiger partial charge in [0.1, 0.15) is 0 Å². The average Bonchev–Trinajstić information content (AvgIpc) is 2.29. The maximum absolute atomic E-state index is 11.7. The fourth-order valence-corrected chi connectivity index (χ4v) is 3.10. The topological polar surface area (TPSA) is 72.2 Å². The quantitative estimate of drug-likeness (QED) is 0.743. The standard InChI is InChI=1S/C11H22N2O2S/c1-2-3-4-10(12)11(14)13-9-5-7-16(15)8-6-9/h9-10H,2-8,12H2,1H3,(H,13,14). The van der Waals surface area contributed by atoms with Crippen LogP contribution in [0.25, 0.3) is 0 Å². The van der Waals surface area contributed by atoms with Crippen LogP contribution in [0.3, 0.4) is 0 Å². The maximum atomic E-state index is 11.7. The molecule has 0 bridgehead atoms. The molecule has 1 saturated heterocycles. The molecule has 16 heavy (non-hydrogen) atoms. The van der Waals surface area contributed by atoms with Crippen molar-refractivity contribution in [3.63, 3.8) is 0 Å². The third-order valence-electron chi connectivity index (χ3n) is 2.94. The lowest BCUT2D eigenvalue weighted by molar-refractivity contribution is -0.123. The molecule has 3 N–H and O–H groups in total. The molecule has 0 aromatic carbocycles. The van der Waals surface area contributed by atoms with E-state index in [0.29, 0.717) is 11.5 Å². The Hall–Kier alpha value is -0.420. The van der Waals surface area contributed by atoms with Crippen LogP contribution in [0.15, 0.2) is 0 Å². The van der Waals surface area contributed by atoms with Gasteiger partial charge >= 0.3 is 0 Å². The first kappa shape index (κ1) is 13.6. The lowest BCUT2D eigenvalue weighted by Gasteiger charge is -2.24. The van der Waals surface area contributed by atoms with Gasteiger partial charge in [-0.1, -0.05) is 19.8 Å². The lowest BCUT2D eigenvalue weighted by Crippen LogP contribution is -2.47. The zero-order chi connectivity index (χ0) is 12.0. The molecule has 1 atom stereocenters. The Morgan fingerprint density at radius 1 is 1.50 bits per heavy atom. The second kappa shape index (κ2) is 7.01. The summed E-state index contributed by atoms with van der Waals surface area (Å²) < 4.78 is 11.1. The Morgan fingerprint density at radius 3 is 2.69 bits per heavy atom. The van der Waals surface area contributed by atoms with E-state index in [2.05, 4.69) is 12.2 Å². The number of rotatable bonds is 5. The number of nitrogens with one attached hydrogen (secondary N) is 1. The normalized spacial score (nSPS) is 27.4. The summed E-state index contributed by atoms with van der Waals surface area (Å²) in [5.74, 6) is 1.36. The molecule has 1 unspecified atom stereocenters. The molecule has 94 valence electrons. The van der Waals surface area contributed by atoms with E-state index in [-0.39, 0.29) is 18.0 Å². The van der Waals surface area contributed by atoms with Crippen molar-refractivity contribution in [1.29, 1.82) is 0 Å². The van der Waals surface area contributed by atoms with Gasteiger partial charge in [0.2, 0.25) is 5.91 Å². The highest BCUT2D eigenvalue weighted by molar-refractivity contribution is 7.85. The number of nitrogens with two attached hydrogens (primary N) is 1. The number of unbranched alkanes of at least 4 members (excludes halogenated alkanes) is 1. The number of amides is 1. The van der Waals surface area contributed by atoms with Crippen LogP contribution in [0, 0.1) is 0 Å². The molecule has 1 aliphatic rings. The lowest BCUT2D eigenvalue weighted by atomic mass is 10.1. The summed E-state index contributed by atoms with van der Waals surface area (Å²) in [5, 5.41) is 2.95. The molecule has 1 heterocycles. The van der Waals surface area contributed by atoms with Crippen molar-refractivity contribution in [2.45, 2.75) is 51.1 Å². The highest BCUT2D eigenvalue weighted by Crippen LogP contribution is 2.09. The van der Waals surface area contributed by atoms with Crippen molar-refractivity contribution in [3.05, 3.63) is 0 Å². The second-order valence-corrected chi connectivity index (χ2v) is 6.08. The summed E-state index contributed by atoms with van der Waals surface area (Å²) in [6.45, 7) is 2.08. The second-order valence-electron chi connectivity index (χ2n) is 4.38. The van der Waals surface area contributed by atoms with Crippen molar-refractivity contribution >= 4 is 16.7 Å². The van der Waals surface area contributed by atoms with Gasteiger partial charge in [-0.15, -0.1) is 0 Å². The van der Waals surface area contributed by atoms with Crippen LogP contribution in [0.4, 0.5) is 0 Å². The molecule has 1 amide bonds. The van der Waals surface area contributed by atoms with Gasteiger partial charge < -0.3 is 11.1 Å². The van der Waals surface area contributed by atoms with Gasteiger partial charge in [0, 0.05) is 28.3 Å². The summed E-state index contributed by atoms with van der Waals surface area (Å²) in [5.41, 5.74) is 5.78. The third kappa shape index (κ3) is 4.61. The molecular formula is C11H22N2O2S. The van der Waals surface area contributed by atoms with Gasteiger partial charge in [0.05, 0.1) is 6.04 Å². The van der Waals surface area contributed by atoms with Crippen LogP contribution in [0.2, 0.25) is 0 Å². The van der Waals surface area contributed by atoms with Crippen LogP contribution in [-0.4, -0.2) is 33.7 Å². The van der Waals surface area contributed by atoms with E-state index >= 15 is 0 Å². The third-order valence-corrected chi connectivity index (χ3v) is 4.32. The summed E-state index contributed by atoms with van der Waals surface area (Å²) >= 11 is 0. The summed E-state index contributed by atoms with van der Waals surface area (Å²) in [6.07, 6.45) is 4.44. The van der Waals surface area contributed by atoms with E-state index in [1.54, 1.807) is 0 Å². The highest BCUT2D eigenvalue weighted by atomic mass is 32.2.